The number of rotatable bonds is 8. The van der Waals surface area contributed by atoms with Crippen molar-refractivity contribution >= 4 is 11.9 Å². The molecule has 8 nitrogen and oxygen atoms in total. The van der Waals surface area contributed by atoms with Crippen LogP contribution in [0.3, 0.4) is 0 Å². The van der Waals surface area contributed by atoms with Crippen molar-refractivity contribution in [2.45, 2.75) is 38.3 Å². The zero-order valence-corrected chi connectivity index (χ0v) is 12.7. The van der Waals surface area contributed by atoms with Gasteiger partial charge in [0.05, 0.1) is 18.8 Å². The van der Waals surface area contributed by atoms with E-state index in [9.17, 15) is 9.59 Å². The van der Waals surface area contributed by atoms with Crippen LogP contribution in [0.15, 0.2) is 24.5 Å². The molecule has 0 saturated heterocycles. The van der Waals surface area contributed by atoms with E-state index >= 15 is 0 Å². The first-order chi connectivity index (χ1) is 11.1. The Kier molecular flexibility index (Phi) is 4.40. The van der Waals surface area contributed by atoms with Crippen LogP contribution in [0.4, 0.5) is 0 Å². The quantitative estimate of drug-likeness (QED) is 0.752. The van der Waals surface area contributed by atoms with E-state index in [4.69, 9.17) is 5.11 Å². The molecule has 2 aromatic heterocycles. The molecule has 1 amide bonds. The molecule has 23 heavy (non-hydrogen) atoms. The minimum absolute atomic E-state index is 0.0851. The smallest absolute Gasteiger partial charge is 0.354 e. The highest BCUT2D eigenvalue weighted by Crippen LogP contribution is 2.38. The lowest BCUT2D eigenvalue weighted by molar-refractivity contribution is -0.121. The van der Waals surface area contributed by atoms with Crippen molar-refractivity contribution in [3.8, 4) is 0 Å². The number of hydrogen-bond donors (Lipinski definition) is 2. The number of aryl methyl sites for hydroxylation is 1. The van der Waals surface area contributed by atoms with Gasteiger partial charge in [-0.05, 0) is 25.0 Å². The van der Waals surface area contributed by atoms with E-state index in [1.165, 1.54) is 29.8 Å². The summed E-state index contributed by atoms with van der Waals surface area (Å²) in [6, 6.07) is 3.44. The Hall–Kier alpha value is -2.64. The van der Waals surface area contributed by atoms with E-state index in [1.807, 2.05) is 16.9 Å². The standard InChI is InChI=1S/C15H19N5O3/c21-14(5-9-20-13(15(22)23)3-6-17-20)16-7-10-19-8-4-12(18-19)11-1-2-11/h3-4,6,8,11H,1-2,5,7,9-10H2,(H,16,21)(H,22,23). The van der Waals surface area contributed by atoms with Crippen LogP contribution in [0.2, 0.25) is 0 Å². The Bertz CT molecular complexity index is 702. The second-order valence-electron chi connectivity index (χ2n) is 5.62. The lowest BCUT2D eigenvalue weighted by atomic mass is 10.3. The topological polar surface area (TPSA) is 102 Å². The van der Waals surface area contributed by atoms with E-state index in [2.05, 4.69) is 15.5 Å². The molecule has 1 fully saturated rings. The fourth-order valence-corrected chi connectivity index (χ4v) is 2.40. The van der Waals surface area contributed by atoms with Gasteiger partial charge < -0.3 is 10.4 Å². The molecule has 1 saturated carbocycles. The van der Waals surface area contributed by atoms with Crippen LogP contribution in [0.25, 0.3) is 0 Å². The molecule has 0 unspecified atom stereocenters. The number of carbonyl (C=O) groups is 2. The summed E-state index contributed by atoms with van der Waals surface area (Å²) in [6.07, 6.45) is 5.98. The zero-order chi connectivity index (χ0) is 16.2. The number of carbonyl (C=O) groups excluding carboxylic acids is 1. The highest BCUT2D eigenvalue weighted by atomic mass is 16.4. The van der Waals surface area contributed by atoms with E-state index in [1.54, 1.807) is 0 Å². The van der Waals surface area contributed by atoms with Crippen LogP contribution in [0, 0.1) is 0 Å². The second kappa shape index (κ2) is 6.64. The largest absolute Gasteiger partial charge is 0.477 e. The molecule has 2 heterocycles. The van der Waals surface area contributed by atoms with Crippen molar-refractivity contribution in [3.63, 3.8) is 0 Å². The third-order valence-corrected chi connectivity index (χ3v) is 3.81. The molecule has 0 aromatic carbocycles. The summed E-state index contributed by atoms with van der Waals surface area (Å²) < 4.78 is 3.15. The monoisotopic (exact) mass is 317 g/mol. The highest BCUT2D eigenvalue weighted by Gasteiger charge is 2.25. The van der Waals surface area contributed by atoms with Gasteiger partial charge in [-0.2, -0.15) is 10.2 Å². The first-order valence-corrected chi connectivity index (χ1v) is 7.68. The minimum Gasteiger partial charge on any atom is -0.477 e. The maximum atomic E-state index is 11.8. The molecule has 3 rings (SSSR count). The van der Waals surface area contributed by atoms with Crippen molar-refractivity contribution in [1.82, 2.24) is 24.9 Å². The van der Waals surface area contributed by atoms with E-state index in [0.29, 0.717) is 19.0 Å². The van der Waals surface area contributed by atoms with Gasteiger partial charge in [-0.25, -0.2) is 4.79 Å². The fourth-order valence-electron chi connectivity index (χ4n) is 2.40. The molecular formula is C15H19N5O3. The van der Waals surface area contributed by atoms with Crippen molar-refractivity contribution < 1.29 is 14.7 Å². The molecule has 1 aliphatic carbocycles. The number of aromatic nitrogens is 4. The number of nitrogens with one attached hydrogen (secondary N) is 1. The third-order valence-electron chi connectivity index (χ3n) is 3.81. The van der Waals surface area contributed by atoms with Gasteiger partial charge in [0.2, 0.25) is 5.91 Å². The number of carboxylic acids is 1. The normalized spacial score (nSPS) is 13.9. The first kappa shape index (κ1) is 15.3. The van der Waals surface area contributed by atoms with Crippen molar-refractivity contribution in [2.24, 2.45) is 0 Å². The Balaban J connectivity index is 1.39. The number of nitrogens with zero attached hydrogens (tertiary/aromatic N) is 4. The maximum absolute atomic E-state index is 11.8. The third kappa shape index (κ3) is 3.97. The van der Waals surface area contributed by atoms with Crippen molar-refractivity contribution in [1.29, 1.82) is 0 Å². The predicted octanol–water partition coefficient (Wildman–Crippen LogP) is 0.862. The molecule has 0 atom stereocenters. The molecule has 2 aromatic rings. The van der Waals surface area contributed by atoms with Crippen molar-refractivity contribution in [2.75, 3.05) is 6.54 Å². The molecule has 0 spiro atoms. The summed E-state index contributed by atoms with van der Waals surface area (Å²) in [5.41, 5.74) is 1.22. The molecule has 0 bridgehead atoms. The Morgan fingerprint density at radius 1 is 1.30 bits per heavy atom. The van der Waals surface area contributed by atoms with E-state index in [-0.39, 0.29) is 24.6 Å². The summed E-state index contributed by atoms with van der Waals surface area (Å²) in [4.78, 5) is 22.7. The highest BCUT2D eigenvalue weighted by molar-refractivity contribution is 5.85. The minimum atomic E-state index is -1.05. The number of carboxylic acid groups (broad SMARTS) is 1. The van der Waals surface area contributed by atoms with Crippen LogP contribution in [0.1, 0.15) is 41.4 Å². The molecule has 122 valence electrons. The zero-order valence-electron chi connectivity index (χ0n) is 12.7. The van der Waals surface area contributed by atoms with Crippen LogP contribution in [0.5, 0.6) is 0 Å². The Morgan fingerprint density at radius 3 is 2.87 bits per heavy atom. The van der Waals surface area contributed by atoms with Gasteiger partial charge >= 0.3 is 5.97 Å². The molecule has 0 radical (unpaired) electrons. The Labute approximate surface area is 133 Å². The SMILES string of the molecule is O=C(CCn1nccc1C(=O)O)NCCn1ccc(C2CC2)n1. The van der Waals surface area contributed by atoms with Crippen molar-refractivity contribution in [3.05, 3.63) is 35.9 Å². The summed E-state index contributed by atoms with van der Waals surface area (Å²) >= 11 is 0. The van der Waals surface area contributed by atoms with Gasteiger partial charge in [0.25, 0.3) is 0 Å². The van der Waals surface area contributed by atoms with E-state index in [0.717, 1.165) is 5.69 Å². The molecule has 0 aliphatic heterocycles. The maximum Gasteiger partial charge on any atom is 0.354 e. The Morgan fingerprint density at radius 2 is 2.13 bits per heavy atom. The molecule has 1 aliphatic rings. The predicted molar refractivity (Wildman–Crippen MR) is 81.0 cm³/mol. The van der Waals surface area contributed by atoms with Gasteiger partial charge in [-0.15, -0.1) is 0 Å². The summed E-state index contributed by atoms with van der Waals surface area (Å²) in [7, 11) is 0. The number of aromatic carboxylic acids is 1. The van der Waals surface area contributed by atoms with Gasteiger partial charge in [0.15, 0.2) is 0 Å². The first-order valence-electron chi connectivity index (χ1n) is 7.68. The van der Waals surface area contributed by atoms with Crippen LogP contribution in [-0.2, 0) is 17.9 Å². The van der Waals surface area contributed by atoms with Gasteiger partial charge in [0, 0.05) is 31.3 Å². The van der Waals surface area contributed by atoms with Crippen LogP contribution < -0.4 is 5.32 Å². The van der Waals surface area contributed by atoms with Gasteiger partial charge in [-0.3, -0.25) is 14.2 Å². The number of amides is 1. The van der Waals surface area contributed by atoms with E-state index < -0.39 is 5.97 Å². The molecule has 8 heteroatoms. The lowest BCUT2D eigenvalue weighted by Crippen LogP contribution is -2.28. The molecule has 2 N–H and O–H groups in total. The van der Waals surface area contributed by atoms with Gasteiger partial charge in [0.1, 0.15) is 5.69 Å². The summed E-state index contributed by atoms with van der Waals surface area (Å²) in [5, 5.41) is 20.1. The molecular weight excluding hydrogens is 298 g/mol. The van der Waals surface area contributed by atoms with Crippen LogP contribution in [-0.4, -0.2) is 43.1 Å². The van der Waals surface area contributed by atoms with Crippen LogP contribution >= 0.6 is 0 Å². The second-order valence-corrected chi connectivity index (χ2v) is 5.62. The average Bonchev–Trinajstić information content (AvgIpc) is 3.08. The summed E-state index contributed by atoms with van der Waals surface area (Å²) in [5.74, 6) is -0.553. The average molecular weight is 317 g/mol. The summed E-state index contributed by atoms with van der Waals surface area (Å²) in [6.45, 7) is 1.37. The lowest BCUT2D eigenvalue weighted by Gasteiger charge is -2.07. The fraction of sp³-hybridized carbons (Fsp3) is 0.467. The number of hydrogen-bond acceptors (Lipinski definition) is 4. The van der Waals surface area contributed by atoms with Gasteiger partial charge in [-0.1, -0.05) is 0 Å².